The van der Waals surface area contributed by atoms with Gasteiger partial charge in [0.2, 0.25) is 0 Å². The minimum atomic E-state index is -0.467. The average molecular weight is 406 g/mol. The Labute approximate surface area is 173 Å². The second-order valence-corrected chi connectivity index (χ2v) is 9.43. The van der Waals surface area contributed by atoms with Crippen LogP contribution in [0.1, 0.15) is 54.6 Å². The minimum absolute atomic E-state index is 0. The quantitative estimate of drug-likeness (QED) is 0.816. The number of primary amides is 1. The Morgan fingerprint density at radius 3 is 2.54 bits per heavy atom. The summed E-state index contributed by atoms with van der Waals surface area (Å²) in [5, 5.41) is 0. The van der Waals surface area contributed by atoms with Gasteiger partial charge in [-0.2, -0.15) is 0 Å². The van der Waals surface area contributed by atoms with Gasteiger partial charge in [0, 0.05) is 44.8 Å². The van der Waals surface area contributed by atoms with Gasteiger partial charge in [-0.15, -0.1) is 12.4 Å². The van der Waals surface area contributed by atoms with Crippen LogP contribution >= 0.6 is 12.4 Å². The zero-order chi connectivity index (χ0) is 18.6. The van der Waals surface area contributed by atoms with Crippen molar-refractivity contribution >= 4 is 18.3 Å². The largest absolute Gasteiger partial charge is 0.373 e. The number of aromatic nitrogens is 1. The van der Waals surface area contributed by atoms with Crippen molar-refractivity contribution in [3.8, 4) is 0 Å². The monoisotopic (exact) mass is 405 g/mol. The Morgan fingerprint density at radius 2 is 1.93 bits per heavy atom. The Kier molecular flexibility index (Phi) is 5.45. The van der Waals surface area contributed by atoms with E-state index in [4.69, 9.17) is 10.5 Å². The summed E-state index contributed by atoms with van der Waals surface area (Å²) < 4.78 is 6.30. The summed E-state index contributed by atoms with van der Waals surface area (Å²) in [4.78, 5) is 18.5. The molecule has 3 saturated carbocycles. The molecule has 1 amide bonds. The third-order valence-electron chi connectivity index (χ3n) is 7.93. The summed E-state index contributed by atoms with van der Waals surface area (Å²) in [7, 11) is 1.84. The van der Waals surface area contributed by atoms with E-state index >= 15 is 0 Å². The summed E-state index contributed by atoms with van der Waals surface area (Å²) >= 11 is 0. The van der Waals surface area contributed by atoms with Gasteiger partial charge in [-0.3, -0.25) is 9.78 Å². The molecule has 2 N–H and O–H groups in total. The SMILES string of the molecule is COC1(c2ccnc(C(N)=O)c2)[C@@H]2CCC[C@H]1CN(CC1C[C@@H]3C[C@@H]3C1)C2.Cl. The van der Waals surface area contributed by atoms with Crippen LogP contribution in [0.2, 0.25) is 0 Å². The molecule has 0 spiro atoms. The van der Waals surface area contributed by atoms with Gasteiger partial charge in [0.05, 0.1) is 0 Å². The second kappa shape index (κ2) is 7.58. The van der Waals surface area contributed by atoms with Crippen LogP contribution in [-0.4, -0.2) is 42.5 Å². The molecule has 1 aliphatic heterocycles. The molecule has 2 heterocycles. The van der Waals surface area contributed by atoms with E-state index in [0.717, 1.165) is 36.4 Å². The zero-order valence-corrected chi connectivity index (χ0v) is 17.5. The van der Waals surface area contributed by atoms with Crippen LogP contribution in [0.15, 0.2) is 18.3 Å². The number of amides is 1. The number of methoxy groups -OCH3 is 1. The number of carbonyl (C=O) groups is 1. The summed E-state index contributed by atoms with van der Waals surface area (Å²) in [6, 6.07) is 3.90. The maximum absolute atomic E-state index is 11.7. The highest BCUT2D eigenvalue weighted by molar-refractivity contribution is 5.90. The lowest BCUT2D eigenvalue weighted by molar-refractivity contribution is -0.170. The number of rotatable bonds is 5. The lowest BCUT2D eigenvalue weighted by Crippen LogP contribution is -2.59. The van der Waals surface area contributed by atoms with Crippen molar-refractivity contribution in [2.24, 2.45) is 35.3 Å². The molecular weight excluding hydrogens is 374 g/mol. The van der Waals surface area contributed by atoms with Gasteiger partial charge >= 0.3 is 0 Å². The topological polar surface area (TPSA) is 68.5 Å². The first kappa shape index (κ1) is 20.1. The molecule has 0 radical (unpaired) electrons. The first-order valence-electron chi connectivity index (χ1n) is 10.6. The number of halogens is 1. The lowest BCUT2D eigenvalue weighted by Gasteiger charge is -2.55. The van der Waals surface area contributed by atoms with Gasteiger partial charge in [-0.1, -0.05) is 6.42 Å². The molecule has 5 nitrogen and oxygen atoms in total. The number of likely N-dealkylation sites (tertiary alicyclic amines) is 1. The van der Waals surface area contributed by atoms with Gasteiger partial charge in [-0.25, -0.2) is 0 Å². The average Bonchev–Trinajstić information content (AvgIpc) is 3.27. The third kappa shape index (κ3) is 3.25. The van der Waals surface area contributed by atoms with Crippen molar-refractivity contribution < 1.29 is 9.53 Å². The second-order valence-electron chi connectivity index (χ2n) is 9.43. The lowest BCUT2D eigenvalue weighted by atomic mass is 9.62. The van der Waals surface area contributed by atoms with Crippen LogP contribution in [0, 0.1) is 29.6 Å². The van der Waals surface area contributed by atoms with E-state index < -0.39 is 5.91 Å². The van der Waals surface area contributed by atoms with Gasteiger partial charge in [-0.05, 0) is 67.6 Å². The Bertz CT molecular complexity index is 718. The van der Waals surface area contributed by atoms with Crippen molar-refractivity contribution in [2.45, 2.75) is 44.1 Å². The molecule has 1 aromatic heterocycles. The van der Waals surface area contributed by atoms with E-state index in [9.17, 15) is 4.79 Å². The molecule has 5 rings (SSSR count). The van der Waals surface area contributed by atoms with Gasteiger partial charge < -0.3 is 15.4 Å². The van der Waals surface area contributed by atoms with Crippen LogP contribution in [0.5, 0.6) is 0 Å². The molecule has 2 bridgehead atoms. The molecule has 0 aromatic carbocycles. The number of hydrogen-bond donors (Lipinski definition) is 1. The molecule has 4 aliphatic rings. The van der Waals surface area contributed by atoms with E-state index in [1.54, 1.807) is 6.20 Å². The summed E-state index contributed by atoms with van der Waals surface area (Å²) in [6.07, 6.45) is 9.77. The fourth-order valence-electron chi connectivity index (χ4n) is 6.76. The number of fused-ring (bicyclic) bond motifs is 3. The molecule has 28 heavy (non-hydrogen) atoms. The molecule has 2 unspecified atom stereocenters. The normalized spacial score (nSPS) is 39.1. The van der Waals surface area contributed by atoms with Crippen molar-refractivity contribution in [1.82, 2.24) is 9.88 Å². The standard InChI is InChI=1S/C22H31N3O2.ClH/c1-27-22(17-5-6-24-20(10-17)21(23)26)18-3-2-4-19(22)13-25(12-18)11-14-7-15-9-16(15)8-14;/h5-6,10,14-16,18-19H,2-4,7-9,11-13H2,1H3,(H2,23,26);1H/t14?,15-,16+,18-,19+,22?;. The molecule has 6 heteroatoms. The highest BCUT2D eigenvalue weighted by atomic mass is 35.5. The first-order chi connectivity index (χ1) is 13.1. The van der Waals surface area contributed by atoms with Crippen molar-refractivity contribution in [3.05, 3.63) is 29.6 Å². The third-order valence-corrected chi connectivity index (χ3v) is 7.93. The van der Waals surface area contributed by atoms with Crippen LogP contribution < -0.4 is 5.73 Å². The number of nitrogens with zero attached hydrogens (tertiary/aromatic N) is 2. The maximum Gasteiger partial charge on any atom is 0.267 e. The van der Waals surface area contributed by atoms with Crippen molar-refractivity contribution in [1.29, 1.82) is 0 Å². The fourth-order valence-corrected chi connectivity index (χ4v) is 6.76. The molecule has 3 aliphatic carbocycles. The Balaban J connectivity index is 0.00000192. The number of pyridine rings is 1. The number of hydrogen-bond acceptors (Lipinski definition) is 4. The summed E-state index contributed by atoms with van der Waals surface area (Å²) in [5.41, 5.74) is 6.61. The first-order valence-corrected chi connectivity index (χ1v) is 10.6. The molecule has 6 atom stereocenters. The van der Waals surface area contributed by atoms with Crippen LogP contribution in [0.25, 0.3) is 0 Å². The van der Waals surface area contributed by atoms with Crippen LogP contribution in [-0.2, 0) is 10.3 Å². The molecule has 1 aromatic rings. The highest BCUT2D eigenvalue weighted by Crippen LogP contribution is 2.55. The van der Waals surface area contributed by atoms with E-state index in [1.165, 1.54) is 45.1 Å². The van der Waals surface area contributed by atoms with Crippen molar-refractivity contribution in [2.75, 3.05) is 26.7 Å². The maximum atomic E-state index is 11.7. The minimum Gasteiger partial charge on any atom is -0.373 e. The van der Waals surface area contributed by atoms with Gasteiger partial charge in [0.25, 0.3) is 5.91 Å². The Hall–Kier alpha value is -1.17. The molecular formula is C22H32ClN3O2. The number of carbonyl (C=O) groups excluding carboxylic acids is 1. The predicted octanol–water partition coefficient (Wildman–Crippen LogP) is 3.22. The van der Waals surface area contributed by atoms with Crippen molar-refractivity contribution in [3.63, 3.8) is 0 Å². The van der Waals surface area contributed by atoms with Crippen LogP contribution in [0.4, 0.5) is 0 Å². The van der Waals surface area contributed by atoms with E-state index in [-0.39, 0.29) is 18.0 Å². The van der Waals surface area contributed by atoms with E-state index in [2.05, 4.69) is 9.88 Å². The molecule has 154 valence electrons. The number of piperidine rings is 1. The van der Waals surface area contributed by atoms with Gasteiger partial charge in [0.15, 0.2) is 0 Å². The highest BCUT2D eigenvalue weighted by Gasteiger charge is 2.54. The van der Waals surface area contributed by atoms with E-state index in [0.29, 0.717) is 17.5 Å². The predicted molar refractivity (Wildman–Crippen MR) is 110 cm³/mol. The summed E-state index contributed by atoms with van der Waals surface area (Å²) in [6.45, 7) is 3.47. The van der Waals surface area contributed by atoms with E-state index in [1.807, 2.05) is 19.2 Å². The molecule has 1 saturated heterocycles. The Morgan fingerprint density at radius 1 is 1.25 bits per heavy atom. The number of nitrogens with two attached hydrogens (primary N) is 1. The zero-order valence-electron chi connectivity index (χ0n) is 16.7. The smallest absolute Gasteiger partial charge is 0.267 e. The van der Waals surface area contributed by atoms with Gasteiger partial charge in [0.1, 0.15) is 11.3 Å². The number of ether oxygens (including phenoxy) is 1. The summed E-state index contributed by atoms with van der Waals surface area (Å²) in [5.74, 6) is 3.49. The fraction of sp³-hybridized carbons (Fsp3) is 0.727. The van der Waals surface area contributed by atoms with Crippen LogP contribution in [0.3, 0.4) is 0 Å². The molecule has 4 fully saturated rings.